The van der Waals surface area contributed by atoms with Crippen LogP contribution in [-0.2, 0) is 4.84 Å². The molecule has 1 aliphatic carbocycles. The number of fused-ring (bicyclic) bond motifs is 1. The predicted octanol–water partition coefficient (Wildman–Crippen LogP) is 4.29. The first kappa shape index (κ1) is 12.4. The SMILES string of the molecule is C1=CC2ON(c3ccccc3)C(c3ccccc3)C2C=C1. The highest BCUT2D eigenvalue weighted by Crippen LogP contribution is 2.44. The van der Waals surface area contributed by atoms with E-state index >= 15 is 0 Å². The van der Waals surface area contributed by atoms with E-state index in [9.17, 15) is 0 Å². The van der Waals surface area contributed by atoms with Gasteiger partial charge in [-0.2, -0.15) is 0 Å². The van der Waals surface area contributed by atoms with E-state index < -0.39 is 0 Å². The van der Waals surface area contributed by atoms with Crippen LogP contribution in [0.2, 0.25) is 0 Å². The topological polar surface area (TPSA) is 12.5 Å². The van der Waals surface area contributed by atoms with Gasteiger partial charge in [0.05, 0.1) is 11.7 Å². The number of hydroxylamine groups is 1. The molecule has 104 valence electrons. The number of hydrogen-bond donors (Lipinski definition) is 0. The molecule has 2 aromatic carbocycles. The average molecular weight is 275 g/mol. The fourth-order valence-electron chi connectivity index (χ4n) is 3.15. The lowest BCUT2D eigenvalue weighted by atomic mass is 9.87. The number of rotatable bonds is 2. The van der Waals surface area contributed by atoms with E-state index in [0.29, 0.717) is 5.92 Å². The molecule has 2 aromatic rings. The molecule has 0 spiro atoms. The number of allylic oxidation sites excluding steroid dienone is 2. The van der Waals surface area contributed by atoms with Crippen LogP contribution < -0.4 is 5.06 Å². The Morgan fingerprint density at radius 1 is 0.762 bits per heavy atom. The Bertz CT molecular complexity index is 662. The summed E-state index contributed by atoms with van der Waals surface area (Å²) in [6.07, 6.45) is 8.70. The molecule has 21 heavy (non-hydrogen) atoms. The van der Waals surface area contributed by atoms with Crippen LogP contribution in [0, 0.1) is 5.92 Å². The molecule has 2 aliphatic rings. The molecule has 0 radical (unpaired) electrons. The summed E-state index contributed by atoms with van der Waals surface area (Å²) in [4.78, 5) is 6.21. The Hall–Kier alpha value is -2.32. The van der Waals surface area contributed by atoms with Crippen LogP contribution >= 0.6 is 0 Å². The van der Waals surface area contributed by atoms with E-state index in [1.807, 2.05) is 6.07 Å². The van der Waals surface area contributed by atoms with E-state index in [1.165, 1.54) is 5.56 Å². The molecular weight excluding hydrogens is 258 g/mol. The van der Waals surface area contributed by atoms with Crippen molar-refractivity contribution in [3.05, 3.63) is 90.5 Å². The third-order valence-corrected chi connectivity index (χ3v) is 4.13. The minimum absolute atomic E-state index is 0.111. The Labute approximate surface area is 124 Å². The van der Waals surface area contributed by atoms with Crippen molar-refractivity contribution in [2.24, 2.45) is 5.92 Å². The van der Waals surface area contributed by atoms with E-state index in [2.05, 4.69) is 84.0 Å². The van der Waals surface area contributed by atoms with Crippen LogP contribution in [-0.4, -0.2) is 6.10 Å². The average Bonchev–Trinajstić information content (AvgIpc) is 2.96. The van der Waals surface area contributed by atoms with Crippen molar-refractivity contribution in [1.29, 1.82) is 0 Å². The molecule has 0 aromatic heterocycles. The van der Waals surface area contributed by atoms with Gasteiger partial charge in [-0.05, 0) is 17.7 Å². The Balaban J connectivity index is 1.78. The number of benzene rings is 2. The molecule has 2 heteroatoms. The van der Waals surface area contributed by atoms with Crippen molar-refractivity contribution in [3.63, 3.8) is 0 Å². The lowest BCUT2D eigenvalue weighted by molar-refractivity contribution is 0.107. The highest BCUT2D eigenvalue weighted by Gasteiger charge is 2.42. The van der Waals surface area contributed by atoms with Gasteiger partial charge in [-0.25, -0.2) is 5.06 Å². The summed E-state index contributed by atoms with van der Waals surface area (Å²) in [5.74, 6) is 0.345. The fraction of sp³-hybridized carbons (Fsp3) is 0.158. The number of para-hydroxylation sites is 1. The summed E-state index contributed by atoms with van der Waals surface area (Å²) in [5.41, 5.74) is 2.39. The molecule has 1 fully saturated rings. The summed E-state index contributed by atoms with van der Waals surface area (Å²) >= 11 is 0. The minimum atomic E-state index is 0.111. The first-order chi connectivity index (χ1) is 10.4. The number of nitrogens with zero attached hydrogens (tertiary/aromatic N) is 1. The first-order valence-corrected chi connectivity index (χ1v) is 7.34. The third-order valence-electron chi connectivity index (χ3n) is 4.13. The zero-order valence-electron chi connectivity index (χ0n) is 11.7. The Kier molecular flexibility index (Phi) is 3.09. The van der Waals surface area contributed by atoms with Crippen molar-refractivity contribution < 1.29 is 4.84 Å². The van der Waals surface area contributed by atoms with Crippen LogP contribution in [0.3, 0.4) is 0 Å². The van der Waals surface area contributed by atoms with Crippen LogP contribution in [0.4, 0.5) is 5.69 Å². The van der Waals surface area contributed by atoms with Gasteiger partial charge in [0.1, 0.15) is 6.10 Å². The molecule has 0 N–H and O–H groups in total. The molecular formula is C19H17NO. The second-order valence-electron chi connectivity index (χ2n) is 5.43. The zero-order chi connectivity index (χ0) is 14.1. The van der Waals surface area contributed by atoms with Gasteiger partial charge in [0.15, 0.2) is 0 Å². The van der Waals surface area contributed by atoms with Gasteiger partial charge in [-0.1, -0.05) is 72.8 Å². The molecule has 1 aliphatic heterocycles. The largest absolute Gasteiger partial charge is 0.265 e. The van der Waals surface area contributed by atoms with Crippen molar-refractivity contribution in [2.75, 3.05) is 5.06 Å². The number of anilines is 1. The van der Waals surface area contributed by atoms with Gasteiger partial charge in [0, 0.05) is 5.92 Å². The van der Waals surface area contributed by atoms with E-state index in [0.717, 1.165) is 5.69 Å². The molecule has 0 saturated carbocycles. The summed E-state index contributed by atoms with van der Waals surface area (Å²) in [5, 5.41) is 2.06. The lowest BCUT2D eigenvalue weighted by Gasteiger charge is -2.26. The maximum Gasteiger partial charge on any atom is 0.113 e. The normalized spacial score (nSPS) is 26.9. The maximum absolute atomic E-state index is 6.21. The highest BCUT2D eigenvalue weighted by atomic mass is 16.7. The second kappa shape index (κ2) is 5.23. The summed E-state index contributed by atoms with van der Waals surface area (Å²) < 4.78 is 0. The summed E-state index contributed by atoms with van der Waals surface area (Å²) in [6, 6.07) is 21.1. The molecule has 0 bridgehead atoms. The molecule has 1 saturated heterocycles. The molecule has 1 heterocycles. The molecule has 4 rings (SSSR count). The van der Waals surface area contributed by atoms with Gasteiger partial charge in [0.25, 0.3) is 0 Å². The first-order valence-electron chi connectivity index (χ1n) is 7.34. The fourth-order valence-corrected chi connectivity index (χ4v) is 3.15. The molecule has 0 amide bonds. The van der Waals surface area contributed by atoms with Crippen molar-refractivity contribution in [2.45, 2.75) is 12.1 Å². The van der Waals surface area contributed by atoms with Crippen molar-refractivity contribution >= 4 is 5.69 Å². The monoisotopic (exact) mass is 275 g/mol. The van der Waals surface area contributed by atoms with Crippen LogP contribution in [0.25, 0.3) is 0 Å². The predicted molar refractivity (Wildman–Crippen MR) is 84.7 cm³/mol. The van der Waals surface area contributed by atoms with E-state index in [-0.39, 0.29) is 12.1 Å². The van der Waals surface area contributed by atoms with Gasteiger partial charge in [-0.15, -0.1) is 0 Å². The van der Waals surface area contributed by atoms with Crippen molar-refractivity contribution in [1.82, 2.24) is 0 Å². The van der Waals surface area contributed by atoms with Gasteiger partial charge < -0.3 is 0 Å². The minimum Gasteiger partial charge on any atom is -0.265 e. The van der Waals surface area contributed by atoms with Crippen molar-refractivity contribution in [3.8, 4) is 0 Å². The second-order valence-corrected chi connectivity index (χ2v) is 5.43. The van der Waals surface area contributed by atoms with E-state index in [1.54, 1.807) is 0 Å². The number of hydrogen-bond acceptors (Lipinski definition) is 2. The Morgan fingerprint density at radius 2 is 1.43 bits per heavy atom. The van der Waals surface area contributed by atoms with E-state index in [4.69, 9.17) is 4.84 Å². The molecule has 3 atom stereocenters. The summed E-state index contributed by atoms with van der Waals surface area (Å²) in [6.45, 7) is 0. The maximum atomic E-state index is 6.21. The third kappa shape index (κ3) is 2.18. The van der Waals surface area contributed by atoms with Crippen LogP contribution in [0.15, 0.2) is 85.0 Å². The van der Waals surface area contributed by atoms with Gasteiger partial charge in [0.2, 0.25) is 0 Å². The van der Waals surface area contributed by atoms with Crippen LogP contribution in [0.5, 0.6) is 0 Å². The molecule has 3 unspecified atom stereocenters. The summed E-state index contributed by atoms with van der Waals surface area (Å²) in [7, 11) is 0. The van der Waals surface area contributed by atoms with Gasteiger partial charge in [-0.3, -0.25) is 4.84 Å². The smallest absolute Gasteiger partial charge is 0.113 e. The van der Waals surface area contributed by atoms with Crippen LogP contribution in [0.1, 0.15) is 11.6 Å². The van der Waals surface area contributed by atoms with Gasteiger partial charge >= 0.3 is 0 Å². The Morgan fingerprint density at radius 3 is 2.19 bits per heavy atom. The molecule has 2 nitrogen and oxygen atoms in total. The zero-order valence-corrected chi connectivity index (χ0v) is 11.7. The lowest BCUT2D eigenvalue weighted by Crippen LogP contribution is -2.23. The quantitative estimate of drug-likeness (QED) is 0.810. The highest BCUT2D eigenvalue weighted by molar-refractivity contribution is 5.49. The standard InChI is InChI=1S/C19H17NO/c1-3-9-15(10-4-1)19-17-13-7-8-14-18(17)21-20(19)16-11-5-2-6-12-16/h1-14,17-19H.